The number of likely N-dealkylation sites (N-methyl/N-ethyl adjacent to an activating group) is 1. The monoisotopic (exact) mass is 369 g/mol. The topological polar surface area (TPSA) is 92.3 Å². The summed E-state index contributed by atoms with van der Waals surface area (Å²) in [6.07, 6.45) is 1.70. The molecule has 2 rings (SSSR count). The third-order valence-electron chi connectivity index (χ3n) is 4.86. The molecule has 0 bridgehead atoms. The second-order valence-corrected chi connectivity index (χ2v) is 6.54. The maximum atomic E-state index is 11.9. The van der Waals surface area contributed by atoms with Gasteiger partial charge in [-0.1, -0.05) is 19.8 Å². The van der Waals surface area contributed by atoms with Gasteiger partial charge >= 0.3 is 6.16 Å². The summed E-state index contributed by atoms with van der Waals surface area (Å²) >= 11 is 0. The predicted molar refractivity (Wildman–Crippen MR) is 92.9 cm³/mol. The number of methoxy groups -OCH3 is 1. The molecule has 2 aliphatic rings. The second kappa shape index (κ2) is 10.1. The minimum Gasteiger partial charge on any atom is -0.425 e. The average Bonchev–Trinajstić information content (AvgIpc) is 2.95. The van der Waals surface area contributed by atoms with Crippen LogP contribution in [0.2, 0.25) is 0 Å². The third-order valence-corrected chi connectivity index (χ3v) is 4.86. The Labute approximate surface area is 155 Å². The van der Waals surface area contributed by atoms with Crippen LogP contribution >= 0.6 is 0 Å². The predicted octanol–water partition coefficient (Wildman–Crippen LogP) is 0.900. The largest absolute Gasteiger partial charge is 0.509 e. The van der Waals surface area contributed by atoms with Crippen LogP contribution in [0.25, 0.3) is 0 Å². The Kier molecular flexibility index (Phi) is 8.18. The number of ether oxygens (including phenoxy) is 5. The van der Waals surface area contributed by atoms with Crippen molar-refractivity contribution in [2.45, 2.75) is 75.6 Å². The van der Waals surface area contributed by atoms with Crippen LogP contribution < -0.4 is 5.32 Å². The molecule has 0 spiro atoms. The van der Waals surface area contributed by atoms with Gasteiger partial charge in [0.15, 0.2) is 12.7 Å². The minimum atomic E-state index is -0.949. The highest BCUT2D eigenvalue weighted by atomic mass is 16.7. The van der Waals surface area contributed by atoms with Crippen molar-refractivity contribution < 1.29 is 33.3 Å². The fourth-order valence-corrected chi connectivity index (χ4v) is 3.41. The van der Waals surface area contributed by atoms with Crippen molar-refractivity contribution in [3.05, 3.63) is 0 Å². The van der Waals surface area contributed by atoms with Crippen LogP contribution in [0, 0.1) is 0 Å². The standard InChI is InChI=1S/C17H28BNO7/c1-4-10-14(26-17(21)23-9-13(20)19-2)15(16(18)25-10)24-12-8-6-5-7-11(12)22-3/h10-12,14-16H,4-9H2,1-3H3,(H,19,20)/t10-,11-,12-,14?,15+,16-/m1/s1. The van der Waals surface area contributed by atoms with Crippen LogP contribution in [-0.2, 0) is 28.5 Å². The first-order valence-electron chi connectivity index (χ1n) is 9.13. The molecule has 1 amide bonds. The number of hydrogen-bond donors (Lipinski definition) is 1. The molecule has 9 heteroatoms. The van der Waals surface area contributed by atoms with E-state index in [0.717, 1.165) is 25.7 Å². The third kappa shape index (κ3) is 5.34. The lowest BCUT2D eigenvalue weighted by Gasteiger charge is -2.34. The van der Waals surface area contributed by atoms with Crippen molar-refractivity contribution in [3.63, 3.8) is 0 Å². The molecular formula is C17H28BNO7. The summed E-state index contributed by atoms with van der Waals surface area (Å²) in [6, 6.07) is -0.712. The Hall–Kier alpha value is -1.32. The van der Waals surface area contributed by atoms with E-state index in [1.807, 2.05) is 6.92 Å². The van der Waals surface area contributed by atoms with E-state index in [0.29, 0.717) is 6.42 Å². The summed E-state index contributed by atoms with van der Waals surface area (Å²) in [6.45, 7) is 1.50. The van der Waals surface area contributed by atoms with Crippen molar-refractivity contribution in [1.29, 1.82) is 0 Å². The van der Waals surface area contributed by atoms with Gasteiger partial charge in [0.25, 0.3) is 5.91 Å². The molecular weight excluding hydrogens is 341 g/mol. The molecule has 0 aromatic rings. The molecule has 8 nitrogen and oxygen atoms in total. The van der Waals surface area contributed by atoms with Gasteiger partial charge in [-0.05, 0) is 19.3 Å². The van der Waals surface area contributed by atoms with Crippen molar-refractivity contribution in [2.24, 2.45) is 0 Å². The fraction of sp³-hybridized carbons (Fsp3) is 0.882. The Morgan fingerprint density at radius 2 is 1.88 bits per heavy atom. The van der Waals surface area contributed by atoms with E-state index < -0.39 is 43.0 Å². The molecule has 0 aromatic heterocycles. The molecule has 1 heterocycles. The first-order valence-corrected chi connectivity index (χ1v) is 9.13. The quantitative estimate of drug-likeness (QED) is 0.527. The molecule has 1 aliphatic heterocycles. The number of carbonyl (C=O) groups is 2. The van der Waals surface area contributed by atoms with Crippen LogP contribution in [0.3, 0.4) is 0 Å². The van der Waals surface area contributed by atoms with Gasteiger partial charge < -0.3 is 29.0 Å². The molecule has 26 heavy (non-hydrogen) atoms. The molecule has 2 fully saturated rings. The molecule has 1 saturated heterocycles. The summed E-state index contributed by atoms with van der Waals surface area (Å²) < 4.78 is 27.6. The molecule has 2 radical (unpaired) electrons. The highest BCUT2D eigenvalue weighted by Gasteiger charge is 2.46. The fourth-order valence-electron chi connectivity index (χ4n) is 3.41. The molecule has 1 aliphatic carbocycles. The lowest BCUT2D eigenvalue weighted by molar-refractivity contribution is -0.136. The van der Waals surface area contributed by atoms with Crippen molar-refractivity contribution >= 4 is 19.9 Å². The van der Waals surface area contributed by atoms with Gasteiger partial charge in [0.05, 0.1) is 18.3 Å². The zero-order valence-electron chi connectivity index (χ0n) is 15.6. The second-order valence-electron chi connectivity index (χ2n) is 6.54. The van der Waals surface area contributed by atoms with Crippen molar-refractivity contribution in [1.82, 2.24) is 5.32 Å². The van der Waals surface area contributed by atoms with E-state index in [2.05, 4.69) is 5.32 Å². The molecule has 146 valence electrons. The lowest BCUT2D eigenvalue weighted by Crippen LogP contribution is -2.45. The van der Waals surface area contributed by atoms with E-state index >= 15 is 0 Å². The van der Waals surface area contributed by atoms with E-state index in [1.165, 1.54) is 7.05 Å². The lowest BCUT2D eigenvalue weighted by atomic mass is 9.90. The summed E-state index contributed by atoms with van der Waals surface area (Å²) in [5.41, 5.74) is 0. The smallest absolute Gasteiger partial charge is 0.425 e. The number of nitrogens with one attached hydrogen (secondary N) is 1. The molecule has 1 N–H and O–H groups in total. The number of amides is 1. The average molecular weight is 369 g/mol. The maximum absolute atomic E-state index is 11.9. The Balaban J connectivity index is 1.99. The Bertz CT molecular complexity index is 478. The highest BCUT2D eigenvalue weighted by molar-refractivity contribution is 6.11. The summed E-state index contributed by atoms with van der Waals surface area (Å²) in [5, 5.41) is 2.36. The Morgan fingerprint density at radius 3 is 2.50 bits per heavy atom. The van der Waals surface area contributed by atoms with Gasteiger partial charge in [-0.2, -0.15) is 0 Å². The van der Waals surface area contributed by atoms with E-state index in [4.69, 9.17) is 31.5 Å². The SMILES string of the molecule is [B][C@@H]1O[C@H](CC)C(OC(=O)OCC(=O)NC)[C@@H]1O[C@@H]1CCCC[C@H]1OC. The maximum Gasteiger partial charge on any atom is 0.509 e. The van der Waals surface area contributed by atoms with Crippen LogP contribution in [-0.4, -0.2) is 77.2 Å². The zero-order chi connectivity index (χ0) is 19.1. The normalized spacial score (nSPS) is 34.3. The Morgan fingerprint density at radius 1 is 1.19 bits per heavy atom. The number of carbonyl (C=O) groups excluding carboxylic acids is 2. The van der Waals surface area contributed by atoms with Gasteiger partial charge in [0.2, 0.25) is 0 Å². The van der Waals surface area contributed by atoms with Crippen LogP contribution in [0.5, 0.6) is 0 Å². The van der Waals surface area contributed by atoms with Gasteiger partial charge in [0, 0.05) is 20.2 Å². The van der Waals surface area contributed by atoms with Crippen LogP contribution in [0.15, 0.2) is 0 Å². The van der Waals surface area contributed by atoms with Crippen LogP contribution in [0.4, 0.5) is 4.79 Å². The minimum absolute atomic E-state index is 0.0162. The van der Waals surface area contributed by atoms with Crippen molar-refractivity contribution in [2.75, 3.05) is 20.8 Å². The van der Waals surface area contributed by atoms with E-state index in [9.17, 15) is 9.59 Å². The molecule has 6 atom stereocenters. The highest BCUT2D eigenvalue weighted by Crippen LogP contribution is 2.32. The summed E-state index contributed by atoms with van der Waals surface area (Å²) in [7, 11) is 9.19. The molecule has 1 saturated carbocycles. The molecule has 0 aromatic carbocycles. The molecule has 1 unspecified atom stereocenters. The van der Waals surface area contributed by atoms with Gasteiger partial charge in [0.1, 0.15) is 14.0 Å². The number of hydrogen-bond acceptors (Lipinski definition) is 7. The number of rotatable bonds is 7. The van der Waals surface area contributed by atoms with Gasteiger partial charge in [-0.25, -0.2) is 4.79 Å². The van der Waals surface area contributed by atoms with E-state index in [-0.39, 0.29) is 12.2 Å². The van der Waals surface area contributed by atoms with Crippen LogP contribution in [0.1, 0.15) is 39.0 Å². The first-order chi connectivity index (χ1) is 12.5. The summed E-state index contributed by atoms with van der Waals surface area (Å²) in [4.78, 5) is 23.1. The zero-order valence-corrected chi connectivity index (χ0v) is 15.6. The van der Waals surface area contributed by atoms with Crippen molar-refractivity contribution in [3.8, 4) is 0 Å². The van der Waals surface area contributed by atoms with Gasteiger partial charge in [-0.15, -0.1) is 0 Å². The van der Waals surface area contributed by atoms with E-state index in [1.54, 1.807) is 7.11 Å². The van der Waals surface area contributed by atoms with Gasteiger partial charge in [-0.3, -0.25) is 4.79 Å². The first kappa shape index (κ1) is 21.0. The summed E-state index contributed by atoms with van der Waals surface area (Å²) in [5.74, 6) is -0.425.